The number of aromatic nitrogens is 1. The number of allylic oxidation sites excluding steroid dienone is 2. The zero-order valence-corrected chi connectivity index (χ0v) is 18.3. The smallest absolute Gasteiger partial charge is 0.354 e. The Morgan fingerprint density at radius 2 is 1.76 bits per heavy atom. The van der Waals surface area contributed by atoms with Gasteiger partial charge >= 0.3 is 5.97 Å². The van der Waals surface area contributed by atoms with E-state index in [1.165, 1.54) is 0 Å². The van der Waals surface area contributed by atoms with Gasteiger partial charge in [0.15, 0.2) is 5.69 Å². The molecule has 0 saturated carbocycles. The van der Waals surface area contributed by atoms with Gasteiger partial charge in [0.25, 0.3) is 0 Å². The molecular formula is C25H19ClF3NO3. The summed E-state index contributed by atoms with van der Waals surface area (Å²) < 4.78 is 47.1. The van der Waals surface area contributed by atoms with E-state index in [9.17, 15) is 23.1 Å². The second kappa shape index (κ2) is 9.27. The standard InChI is InChI=1S/C25H19ClF3NO3/c1-13-5-7-22(30-24(13)25(31)32)17-4-2-3-16(17)18-9-14(26)6-8-23(18)33-12-19-20(28)10-15(27)11-21(19)29/h5-11H,2-4,12H2,1H3,(H,31,32). The Hall–Kier alpha value is -3.32. The summed E-state index contributed by atoms with van der Waals surface area (Å²) in [6.07, 6.45) is 2.16. The topological polar surface area (TPSA) is 59.4 Å². The minimum absolute atomic E-state index is 0.0175. The van der Waals surface area contributed by atoms with Crippen LogP contribution in [0.4, 0.5) is 13.2 Å². The van der Waals surface area contributed by atoms with Gasteiger partial charge in [-0.2, -0.15) is 0 Å². The number of ether oxygens (including phenoxy) is 1. The van der Waals surface area contributed by atoms with Gasteiger partial charge in [-0.15, -0.1) is 0 Å². The fraction of sp³-hybridized carbons (Fsp3) is 0.200. The highest BCUT2D eigenvalue weighted by Gasteiger charge is 2.23. The zero-order valence-electron chi connectivity index (χ0n) is 17.6. The molecule has 0 amide bonds. The number of carboxylic acids is 1. The summed E-state index contributed by atoms with van der Waals surface area (Å²) in [7, 11) is 0. The third-order valence-electron chi connectivity index (χ3n) is 5.57. The van der Waals surface area contributed by atoms with Crippen molar-refractivity contribution >= 4 is 28.7 Å². The molecule has 8 heteroatoms. The zero-order chi connectivity index (χ0) is 23.7. The average Bonchev–Trinajstić information content (AvgIpc) is 3.23. The van der Waals surface area contributed by atoms with Crippen LogP contribution in [0.15, 0.2) is 42.5 Å². The summed E-state index contributed by atoms with van der Waals surface area (Å²) in [5.41, 5.74) is 3.08. The molecule has 0 atom stereocenters. The van der Waals surface area contributed by atoms with Crippen LogP contribution < -0.4 is 4.74 Å². The molecule has 3 aromatic rings. The summed E-state index contributed by atoms with van der Waals surface area (Å²) in [5, 5.41) is 9.88. The number of benzene rings is 2. The molecule has 1 heterocycles. The molecule has 4 nitrogen and oxygen atoms in total. The monoisotopic (exact) mass is 473 g/mol. The predicted octanol–water partition coefficient (Wildman–Crippen LogP) is 6.83. The molecule has 0 saturated heterocycles. The lowest BCUT2D eigenvalue weighted by Gasteiger charge is -2.16. The molecule has 170 valence electrons. The molecule has 0 bridgehead atoms. The van der Waals surface area contributed by atoms with Gasteiger partial charge in [-0.25, -0.2) is 22.9 Å². The summed E-state index contributed by atoms with van der Waals surface area (Å²) in [5.74, 6) is -3.83. The molecule has 2 aromatic carbocycles. The highest BCUT2D eigenvalue weighted by molar-refractivity contribution is 6.30. The van der Waals surface area contributed by atoms with Crippen molar-refractivity contribution in [2.45, 2.75) is 32.8 Å². The van der Waals surface area contributed by atoms with Crippen molar-refractivity contribution in [2.24, 2.45) is 0 Å². The van der Waals surface area contributed by atoms with Crippen molar-refractivity contribution in [3.63, 3.8) is 0 Å². The number of pyridine rings is 1. The number of hydrogen-bond donors (Lipinski definition) is 1. The van der Waals surface area contributed by atoms with Crippen LogP contribution >= 0.6 is 11.6 Å². The van der Waals surface area contributed by atoms with Crippen molar-refractivity contribution in [3.8, 4) is 5.75 Å². The SMILES string of the molecule is Cc1ccc(C2=C(c3cc(Cl)ccc3OCc3c(F)cc(F)cc3F)CCC2)nc1C(=O)O. The van der Waals surface area contributed by atoms with Crippen LogP contribution in [0.5, 0.6) is 5.75 Å². The predicted molar refractivity (Wildman–Crippen MR) is 119 cm³/mol. The second-order valence-corrected chi connectivity index (χ2v) is 8.19. The van der Waals surface area contributed by atoms with E-state index in [0.717, 1.165) is 17.6 Å². The fourth-order valence-corrected chi connectivity index (χ4v) is 4.13. The molecule has 0 aliphatic heterocycles. The van der Waals surface area contributed by atoms with Gasteiger partial charge < -0.3 is 9.84 Å². The molecule has 1 aliphatic rings. The molecule has 0 fully saturated rings. The summed E-state index contributed by atoms with van der Waals surface area (Å²) in [4.78, 5) is 15.9. The van der Waals surface area contributed by atoms with Crippen LogP contribution in [0, 0.1) is 24.4 Å². The number of halogens is 4. The van der Waals surface area contributed by atoms with E-state index in [-0.39, 0.29) is 11.3 Å². The van der Waals surface area contributed by atoms with E-state index in [2.05, 4.69) is 4.98 Å². The molecule has 4 rings (SSSR count). The van der Waals surface area contributed by atoms with Crippen molar-refractivity contribution in [1.29, 1.82) is 0 Å². The maximum absolute atomic E-state index is 14.1. The third-order valence-corrected chi connectivity index (χ3v) is 5.81. The lowest BCUT2D eigenvalue weighted by molar-refractivity contribution is 0.0689. The quantitative estimate of drug-likeness (QED) is 0.426. The van der Waals surface area contributed by atoms with E-state index >= 15 is 0 Å². The Morgan fingerprint density at radius 3 is 2.45 bits per heavy atom. The lowest BCUT2D eigenvalue weighted by Crippen LogP contribution is -2.06. The van der Waals surface area contributed by atoms with Crippen LogP contribution in [-0.4, -0.2) is 16.1 Å². The molecule has 0 spiro atoms. The molecule has 0 radical (unpaired) electrons. The maximum atomic E-state index is 14.1. The number of nitrogens with zero attached hydrogens (tertiary/aromatic N) is 1. The Balaban J connectivity index is 1.74. The third kappa shape index (κ3) is 4.73. The lowest BCUT2D eigenvalue weighted by atomic mass is 9.98. The van der Waals surface area contributed by atoms with E-state index in [0.29, 0.717) is 52.6 Å². The Bertz CT molecular complexity index is 1270. The van der Waals surface area contributed by atoms with Gasteiger partial charge in [0.05, 0.1) is 11.3 Å². The molecule has 33 heavy (non-hydrogen) atoms. The van der Waals surface area contributed by atoms with Crippen molar-refractivity contribution < 1.29 is 27.8 Å². The Morgan fingerprint density at radius 1 is 1.06 bits per heavy atom. The van der Waals surface area contributed by atoms with E-state index in [1.54, 1.807) is 37.3 Å². The number of carbonyl (C=O) groups is 1. The number of aryl methyl sites for hydroxylation is 1. The van der Waals surface area contributed by atoms with E-state index < -0.39 is 30.0 Å². The molecule has 1 aromatic heterocycles. The highest BCUT2D eigenvalue weighted by Crippen LogP contribution is 2.43. The molecule has 1 N–H and O–H groups in total. The van der Waals surface area contributed by atoms with Crippen LogP contribution in [0.3, 0.4) is 0 Å². The first-order chi connectivity index (χ1) is 15.7. The van der Waals surface area contributed by atoms with Crippen LogP contribution in [0.2, 0.25) is 5.02 Å². The summed E-state index contributed by atoms with van der Waals surface area (Å²) in [6.45, 7) is 1.24. The Kier molecular flexibility index (Phi) is 6.42. The largest absolute Gasteiger partial charge is 0.488 e. The van der Waals surface area contributed by atoms with Crippen molar-refractivity contribution in [2.75, 3.05) is 0 Å². The van der Waals surface area contributed by atoms with Gasteiger partial charge in [0.1, 0.15) is 29.8 Å². The summed E-state index contributed by atoms with van der Waals surface area (Å²) in [6, 6.07) is 9.59. The number of hydrogen-bond acceptors (Lipinski definition) is 3. The summed E-state index contributed by atoms with van der Waals surface area (Å²) >= 11 is 6.23. The minimum atomic E-state index is -1.11. The minimum Gasteiger partial charge on any atom is -0.488 e. The molecular weight excluding hydrogens is 455 g/mol. The van der Waals surface area contributed by atoms with E-state index in [4.69, 9.17) is 16.3 Å². The number of rotatable bonds is 6. The normalized spacial score (nSPS) is 13.5. The van der Waals surface area contributed by atoms with Crippen molar-refractivity contribution in [1.82, 2.24) is 4.98 Å². The molecule has 1 aliphatic carbocycles. The van der Waals surface area contributed by atoms with Crippen LogP contribution in [0.25, 0.3) is 11.1 Å². The number of carboxylic acid groups (broad SMARTS) is 1. The Labute approximate surface area is 193 Å². The van der Waals surface area contributed by atoms with E-state index in [1.807, 2.05) is 0 Å². The first kappa shape index (κ1) is 22.9. The second-order valence-electron chi connectivity index (χ2n) is 7.75. The van der Waals surface area contributed by atoms with Crippen molar-refractivity contribution in [3.05, 3.63) is 93.0 Å². The average molecular weight is 474 g/mol. The highest BCUT2D eigenvalue weighted by atomic mass is 35.5. The van der Waals surface area contributed by atoms with Crippen LogP contribution in [-0.2, 0) is 6.61 Å². The molecule has 0 unspecified atom stereocenters. The van der Waals surface area contributed by atoms with Gasteiger partial charge in [0, 0.05) is 22.7 Å². The van der Waals surface area contributed by atoms with Gasteiger partial charge in [-0.05, 0) is 67.2 Å². The van der Waals surface area contributed by atoms with Crippen LogP contribution in [0.1, 0.15) is 52.1 Å². The number of aromatic carboxylic acids is 1. The van der Waals surface area contributed by atoms with Gasteiger partial charge in [-0.3, -0.25) is 0 Å². The first-order valence-corrected chi connectivity index (χ1v) is 10.6. The maximum Gasteiger partial charge on any atom is 0.354 e. The van der Waals surface area contributed by atoms with Gasteiger partial charge in [-0.1, -0.05) is 17.7 Å². The fourth-order valence-electron chi connectivity index (χ4n) is 3.96. The van der Waals surface area contributed by atoms with Gasteiger partial charge in [0.2, 0.25) is 0 Å². The first-order valence-electron chi connectivity index (χ1n) is 10.2.